The second-order valence-corrected chi connectivity index (χ2v) is 7.52. The standard InChI is InChI=1S/C23H29NO6/c1-6-17(22(27)29-5)13-15(3)12-14(2)8-7-9-16(4)19(25)18-20-23(28,10-11-30-20)24-21(18)26/h6-9,12-13,18,20,28H,10-11H2,1-5H3,(H,24,26)/t18-,20+,23+/m1/s1. The van der Waals surface area contributed by atoms with Gasteiger partial charge in [0.2, 0.25) is 5.91 Å². The van der Waals surface area contributed by atoms with Gasteiger partial charge in [0.25, 0.3) is 0 Å². The van der Waals surface area contributed by atoms with Crippen molar-refractivity contribution in [2.75, 3.05) is 13.7 Å². The summed E-state index contributed by atoms with van der Waals surface area (Å²) in [6, 6.07) is 0. The van der Waals surface area contributed by atoms with Gasteiger partial charge in [-0.2, -0.15) is 0 Å². The number of hydrogen-bond donors (Lipinski definition) is 2. The van der Waals surface area contributed by atoms with E-state index in [0.29, 0.717) is 17.8 Å². The molecule has 0 bridgehead atoms. The monoisotopic (exact) mass is 415 g/mol. The van der Waals surface area contributed by atoms with Crippen molar-refractivity contribution in [3.05, 3.63) is 58.7 Å². The highest BCUT2D eigenvalue weighted by Gasteiger charge is 2.58. The van der Waals surface area contributed by atoms with Crippen molar-refractivity contribution < 1.29 is 29.0 Å². The summed E-state index contributed by atoms with van der Waals surface area (Å²) in [5.74, 6) is -2.31. The predicted molar refractivity (Wildman–Crippen MR) is 112 cm³/mol. The predicted octanol–water partition coefficient (Wildman–Crippen LogP) is 2.29. The van der Waals surface area contributed by atoms with E-state index in [1.165, 1.54) is 7.11 Å². The molecule has 30 heavy (non-hydrogen) atoms. The average Bonchev–Trinajstić information content (AvgIpc) is 3.16. The number of allylic oxidation sites excluding steroid dienone is 8. The van der Waals surface area contributed by atoms with Crippen molar-refractivity contribution in [1.29, 1.82) is 0 Å². The average molecular weight is 415 g/mol. The topological polar surface area (TPSA) is 102 Å². The normalized spacial score (nSPS) is 28.0. The van der Waals surface area contributed by atoms with E-state index in [9.17, 15) is 19.5 Å². The summed E-state index contributed by atoms with van der Waals surface area (Å²) in [5, 5.41) is 12.9. The van der Waals surface area contributed by atoms with Crippen molar-refractivity contribution in [2.24, 2.45) is 5.92 Å². The number of ether oxygens (including phenoxy) is 2. The Balaban J connectivity index is 2.07. The first-order valence-electron chi connectivity index (χ1n) is 9.79. The molecule has 3 atom stereocenters. The molecule has 162 valence electrons. The number of esters is 1. The van der Waals surface area contributed by atoms with Crippen LogP contribution in [0.4, 0.5) is 0 Å². The molecule has 2 fully saturated rings. The SMILES string of the molecule is CC=C(C=C(C)C=C(C)C=CC=C(C)C(=O)[C@H]1C(=O)N[C@]2(O)CCO[C@@H]12)C(=O)OC. The van der Waals surface area contributed by atoms with Crippen molar-refractivity contribution in [3.8, 4) is 0 Å². The second-order valence-electron chi connectivity index (χ2n) is 7.52. The summed E-state index contributed by atoms with van der Waals surface area (Å²) in [4.78, 5) is 36.5. The number of methoxy groups -OCH3 is 1. The molecular formula is C23H29NO6. The van der Waals surface area contributed by atoms with Gasteiger partial charge in [-0.25, -0.2) is 4.79 Å². The Hall–Kier alpha value is -2.77. The summed E-state index contributed by atoms with van der Waals surface area (Å²) in [5.41, 5.74) is 1.19. The molecule has 0 radical (unpaired) electrons. The molecule has 2 N–H and O–H groups in total. The Labute approximate surface area is 176 Å². The molecule has 0 spiro atoms. The van der Waals surface area contributed by atoms with Gasteiger partial charge < -0.3 is 19.9 Å². The van der Waals surface area contributed by atoms with Crippen LogP contribution < -0.4 is 5.32 Å². The molecule has 2 rings (SSSR count). The Kier molecular flexibility index (Phi) is 7.70. The fourth-order valence-electron chi connectivity index (χ4n) is 3.56. The first-order valence-corrected chi connectivity index (χ1v) is 9.79. The molecule has 2 saturated heterocycles. The number of hydrogen-bond acceptors (Lipinski definition) is 6. The lowest BCUT2D eigenvalue weighted by atomic mass is 9.91. The Morgan fingerprint density at radius 2 is 1.93 bits per heavy atom. The number of ketones is 1. The Morgan fingerprint density at radius 3 is 2.57 bits per heavy atom. The molecule has 0 saturated carbocycles. The minimum Gasteiger partial charge on any atom is -0.465 e. The Bertz CT molecular complexity index is 876. The van der Waals surface area contributed by atoms with Gasteiger partial charge in [0.15, 0.2) is 11.5 Å². The zero-order valence-corrected chi connectivity index (χ0v) is 18.0. The highest BCUT2D eigenvalue weighted by atomic mass is 16.5. The van der Waals surface area contributed by atoms with Crippen molar-refractivity contribution in [2.45, 2.75) is 45.9 Å². The van der Waals surface area contributed by atoms with Crippen LogP contribution in [0.3, 0.4) is 0 Å². The van der Waals surface area contributed by atoms with Gasteiger partial charge in [-0.1, -0.05) is 41.5 Å². The number of nitrogens with one attached hydrogen (secondary N) is 1. The minimum absolute atomic E-state index is 0.275. The first-order chi connectivity index (χ1) is 14.1. The zero-order valence-electron chi connectivity index (χ0n) is 18.0. The maximum absolute atomic E-state index is 12.7. The van der Waals surface area contributed by atoms with Crippen LogP contribution in [0.15, 0.2) is 58.7 Å². The van der Waals surface area contributed by atoms with Gasteiger partial charge in [-0.3, -0.25) is 9.59 Å². The van der Waals surface area contributed by atoms with Crippen molar-refractivity contribution >= 4 is 17.7 Å². The number of carbonyl (C=O) groups is 3. The van der Waals surface area contributed by atoms with Crippen molar-refractivity contribution in [3.63, 3.8) is 0 Å². The summed E-state index contributed by atoms with van der Waals surface area (Å²) in [6.45, 7) is 7.46. The minimum atomic E-state index is -1.45. The number of aliphatic hydroxyl groups is 1. The molecule has 2 aliphatic heterocycles. The highest BCUT2D eigenvalue weighted by molar-refractivity contribution is 6.11. The largest absolute Gasteiger partial charge is 0.465 e. The second kappa shape index (κ2) is 9.82. The van der Waals surface area contributed by atoms with E-state index in [1.807, 2.05) is 26.0 Å². The fraction of sp³-hybridized carbons (Fsp3) is 0.435. The van der Waals surface area contributed by atoms with Gasteiger partial charge in [-0.15, -0.1) is 0 Å². The lowest BCUT2D eigenvalue weighted by molar-refractivity contribution is -0.136. The Morgan fingerprint density at radius 1 is 1.23 bits per heavy atom. The number of amides is 1. The molecule has 0 aromatic heterocycles. The molecular weight excluding hydrogens is 386 g/mol. The maximum atomic E-state index is 12.7. The first kappa shape index (κ1) is 23.5. The molecule has 1 amide bonds. The third-order valence-corrected chi connectivity index (χ3v) is 5.12. The van der Waals surface area contributed by atoms with E-state index >= 15 is 0 Å². The van der Waals surface area contributed by atoms with Crippen LogP contribution in [0, 0.1) is 5.92 Å². The maximum Gasteiger partial charge on any atom is 0.337 e. The number of rotatable bonds is 7. The van der Waals surface area contributed by atoms with E-state index in [0.717, 1.165) is 11.1 Å². The van der Waals surface area contributed by atoms with E-state index in [2.05, 4.69) is 5.32 Å². The molecule has 0 aliphatic carbocycles. The number of Topliss-reactive ketones (excluding diaryl/α,β-unsaturated/α-hetero) is 1. The summed E-state index contributed by atoms with van der Waals surface area (Å²) >= 11 is 0. The third-order valence-electron chi connectivity index (χ3n) is 5.12. The summed E-state index contributed by atoms with van der Waals surface area (Å²) in [7, 11) is 1.34. The van der Waals surface area contributed by atoms with Crippen molar-refractivity contribution in [1.82, 2.24) is 5.32 Å². The van der Waals surface area contributed by atoms with E-state index < -0.39 is 29.6 Å². The van der Waals surface area contributed by atoms with Crippen LogP contribution in [0.2, 0.25) is 0 Å². The van der Waals surface area contributed by atoms with Crippen LogP contribution in [0.5, 0.6) is 0 Å². The molecule has 7 nitrogen and oxygen atoms in total. The molecule has 0 aromatic rings. The summed E-state index contributed by atoms with van der Waals surface area (Å²) in [6.07, 6.45) is 9.90. The molecule has 0 aromatic carbocycles. The summed E-state index contributed by atoms with van der Waals surface area (Å²) < 4.78 is 10.2. The van der Waals surface area contributed by atoms with Crippen LogP contribution in [-0.4, -0.2) is 48.3 Å². The smallest absolute Gasteiger partial charge is 0.337 e. The van der Waals surface area contributed by atoms with Gasteiger partial charge in [0.1, 0.15) is 12.0 Å². The van der Waals surface area contributed by atoms with Gasteiger partial charge >= 0.3 is 5.97 Å². The third kappa shape index (κ3) is 5.23. The van der Waals surface area contributed by atoms with Gasteiger partial charge in [0.05, 0.1) is 19.3 Å². The quantitative estimate of drug-likeness (QED) is 0.286. The molecule has 7 heteroatoms. The van der Waals surface area contributed by atoms with Gasteiger partial charge in [-0.05, 0) is 39.3 Å². The fourth-order valence-corrected chi connectivity index (χ4v) is 3.56. The lowest BCUT2D eigenvalue weighted by Crippen LogP contribution is -2.45. The van der Waals surface area contributed by atoms with E-state index in [-0.39, 0.29) is 12.2 Å². The van der Waals surface area contributed by atoms with Gasteiger partial charge in [0, 0.05) is 6.42 Å². The molecule has 2 aliphatic rings. The zero-order chi connectivity index (χ0) is 22.5. The van der Waals surface area contributed by atoms with Crippen LogP contribution in [0.25, 0.3) is 0 Å². The highest BCUT2D eigenvalue weighted by Crippen LogP contribution is 2.36. The molecule has 2 heterocycles. The van der Waals surface area contributed by atoms with Crippen LogP contribution in [-0.2, 0) is 23.9 Å². The number of carbonyl (C=O) groups excluding carboxylic acids is 3. The van der Waals surface area contributed by atoms with E-state index in [4.69, 9.17) is 9.47 Å². The van der Waals surface area contributed by atoms with Crippen LogP contribution in [0.1, 0.15) is 34.1 Å². The molecule has 0 unspecified atom stereocenters. The number of fused-ring (bicyclic) bond motifs is 1. The lowest BCUT2D eigenvalue weighted by Gasteiger charge is -2.21. The van der Waals surface area contributed by atoms with Crippen LogP contribution >= 0.6 is 0 Å². The van der Waals surface area contributed by atoms with E-state index in [1.54, 1.807) is 38.2 Å².